The lowest BCUT2D eigenvalue weighted by Gasteiger charge is -2.11. The molecular formula is C8H9N3O. The molecule has 0 aromatic heterocycles. The second-order valence-corrected chi connectivity index (χ2v) is 2.75. The Bertz CT molecular complexity index is 291. The van der Waals surface area contributed by atoms with Gasteiger partial charge in [0.15, 0.2) is 5.76 Å². The molecule has 2 aliphatic heterocycles. The Balaban J connectivity index is 2.30. The molecule has 0 amide bonds. The van der Waals surface area contributed by atoms with Gasteiger partial charge in [0.2, 0.25) is 0 Å². The molecule has 2 rings (SSSR count). The normalized spacial score (nSPS) is 31.9. The van der Waals surface area contributed by atoms with Crippen molar-refractivity contribution in [1.82, 2.24) is 0 Å². The molecule has 4 heteroatoms. The fraction of sp³-hybridized carbons (Fsp3) is 0.375. The van der Waals surface area contributed by atoms with Crippen molar-refractivity contribution in [1.29, 1.82) is 0 Å². The second kappa shape index (κ2) is 2.89. The fourth-order valence-electron chi connectivity index (χ4n) is 1.02. The van der Waals surface area contributed by atoms with Crippen LogP contribution in [-0.4, -0.2) is 18.3 Å². The SMILES string of the molecule is CC1C=CC2=CC(C=N1)N=NO2. The molecule has 0 saturated carbocycles. The van der Waals surface area contributed by atoms with Crippen LogP contribution in [0.25, 0.3) is 0 Å². The van der Waals surface area contributed by atoms with E-state index < -0.39 is 0 Å². The lowest BCUT2D eigenvalue weighted by atomic mass is 10.2. The highest BCUT2D eigenvalue weighted by Crippen LogP contribution is 2.13. The van der Waals surface area contributed by atoms with E-state index in [2.05, 4.69) is 15.4 Å². The molecule has 0 aromatic rings. The van der Waals surface area contributed by atoms with Gasteiger partial charge in [0.05, 0.1) is 6.04 Å². The standard InChI is InChI=1S/C8H9N3O/c1-6-2-3-8-4-7(5-9-6)10-11-12-8/h2-7H,1H3. The monoisotopic (exact) mass is 163 g/mol. The topological polar surface area (TPSA) is 46.3 Å². The molecule has 0 radical (unpaired) electrons. The van der Waals surface area contributed by atoms with Crippen LogP contribution in [0, 0.1) is 0 Å². The van der Waals surface area contributed by atoms with Gasteiger partial charge in [0.1, 0.15) is 6.04 Å². The molecule has 0 spiro atoms. The van der Waals surface area contributed by atoms with Crippen LogP contribution in [0.5, 0.6) is 0 Å². The smallest absolute Gasteiger partial charge is 0.158 e. The first-order chi connectivity index (χ1) is 5.84. The van der Waals surface area contributed by atoms with Crippen molar-refractivity contribution >= 4 is 6.21 Å². The van der Waals surface area contributed by atoms with Crippen LogP contribution in [-0.2, 0) is 4.84 Å². The third-order valence-corrected chi connectivity index (χ3v) is 1.67. The fourth-order valence-corrected chi connectivity index (χ4v) is 1.02. The van der Waals surface area contributed by atoms with E-state index in [1.54, 1.807) is 6.21 Å². The second-order valence-electron chi connectivity index (χ2n) is 2.75. The van der Waals surface area contributed by atoms with Gasteiger partial charge in [-0.05, 0) is 19.1 Å². The quantitative estimate of drug-likeness (QED) is 0.535. The van der Waals surface area contributed by atoms with Crippen molar-refractivity contribution in [2.24, 2.45) is 15.4 Å². The van der Waals surface area contributed by atoms with E-state index >= 15 is 0 Å². The van der Waals surface area contributed by atoms with E-state index in [9.17, 15) is 0 Å². The Hall–Kier alpha value is -1.45. The Kier molecular flexibility index (Phi) is 1.74. The summed E-state index contributed by atoms with van der Waals surface area (Å²) in [5.74, 6) is 0.744. The van der Waals surface area contributed by atoms with Gasteiger partial charge < -0.3 is 4.84 Å². The number of rotatable bonds is 0. The minimum atomic E-state index is -0.0545. The Morgan fingerprint density at radius 1 is 1.50 bits per heavy atom. The van der Waals surface area contributed by atoms with Crippen molar-refractivity contribution in [3.8, 4) is 0 Å². The van der Waals surface area contributed by atoms with Crippen LogP contribution >= 0.6 is 0 Å². The zero-order valence-corrected chi connectivity index (χ0v) is 6.71. The minimum absolute atomic E-state index is 0.0545. The zero-order chi connectivity index (χ0) is 8.39. The largest absolute Gasteiger partial charge is 0.340 e. The average molecular weight is 163 g/mol. The Morgan fingerprint density at radius 2 is 2.42 bits per heavy atom. The van der Waals surface area contributed by atoms with Crippen LogP contribution < -0.4 is 0 Å². The van der Waals surface area contributed by atoms with Gasteiger partial charge in [-0.1, -0.05) is 6.08 Å². The van der Waals surface area contributed by atoms with E-state index in [1.165, 1.54) is 0 Å². The summed E-state index contributed by atoms with van der Waals surface area (Å²) < 4.78 is 0. The zero-order valence-electron chi connectivity index (χ0n) is 6.71. The van der Waals surface area contributed by atoms with E-state index in [-0.39, 0.29) is 12.1 Å². The van der Waals surface area contributed by atoms with Gasteiger partial charge in [-0.15, -0.1) is 5.11 Å². The number of allylic oxidation sites excluding steroid dienone is 1. The van der Waals surface area contributed by atoms with Gasteiger partial charge in [0.25, 0.3) is 0 Å². The molecule has 2 bridgehead atoms. The first-order valence-corrected chi connectivity index (χ1v) is 3.85. The maximum atomic E-state index is 4.90. The Morgan fingerprint density at radius 3 is 3.33 bits per heavy atom. The minimum Gasteiger partial charge on any atom is -0.340 e. The predicted octanol–water partition coefficient (Wildman–Crippen LogP) is 1.67. The highest BCUT2D eigenvalue weighted by molar-refractivity contribution is 5.68. The Labute approximate surface area is 70.3 Å². The molecule has 0 aromatic carbocycles. The number of hydrogen-bond acceptors (Lipinski definition) is 4. The summed E-state index contributed by atoms with van der Waals surface area (Å²) in [5, 5.41) is 7.33. The molecule has 2 atom stereocenters. The molecule has 12 heavy (non-hydrogen) atoms. The molecular weight excluding hydrogens is 154 g/mol. The molecule has 62 valence electrons. The summed E-state index contributed by atoms with van der Waals surface area (Å²) in [4.78, 5) is 9.14. The van der Waals surface area contributed by atoms with Crippen LogP contribution in [0.3, 0.4) is 0 Å². The maximum Gasteiger partial charge on any atom is 0.158 e. The van der Waals surface area contributed by atoms with Crippen LogP contribution in [0.15, 0.2) is 39.4 Å². The third-order valence-electron chi connectivity index (χ3n) is 1.67. The summed E-state index contributed by atoms with van der Waals surface area (Å²) in [6.07, 6.45) is 7.48. The number of aliphatic imine (C=N–C) groups is 1. The summed E-state index contributed by atoms with van der Waals surface area (Å²) in [7, 11) is 0. The lowest BCUT2D eigenvalue weighted by Crippen LogP contribution is -2.10. The summed E-state index contributed by atoms with van der Waals surface area (Å²) in [6, 6.07) is 0.134. The first kappa shape index (κ1) is 7.21. The number of fused-ring (bicyclic) bond motifs is 1. The van der Waals surface area contributed by atoms with Crippen LogP contribution in [0.2, 0.25) is 0 Å². The molecule has 0 N–H and O–H groups in total. The van der Waals surface area contributed by atoms with Gasteiger partial charge in [0, 0.05) is 11.5 Å². The van der Waals surface area contributed by atoms with E-state index in [0.29, 0.717) is 0 Å². The molecule has 2 heterocycles. The van der Waals surface area contributed by atoms with Crippen molar-refractivity contribution in [2.45, 2.75) is 19.0 Å². The lowest BCUT2D eigenvalue weighted by molar-refractivity contribution is 0.199. The van der Waals surface area contributed by atoms with Crippen molar-refractivity contribution in [2.75, 3.05) is 0 Å². The molecule has 4 nitrogen and oxygen atoms in total. The van der Waals surface area contributed by atoms with Gasteiger partial charge in [-0.2, -0.15) is 0 Å². The van der Waals surface area contributed by atoms with E-state index in [0.717, 1.165) is 5.76 Å². The van der Waals surface area contributed by atoms with Crippen molar-refractivity contribution in [3.05, 3.63) is 24.0 Å². The van der Waals surface area contributed by atoms with Crippen LogP contribution in [0.4, 0.5) is 0 Å². The number of nitrogens with zero attached hydrogens (tertiary/aromatic N) is 3. The molecule has 0 saturated heterocycles. The van der Waals surface area contributed by atoms with Gasteiger partial charge in [-0.25, -0.2) is 0 Å². The highest BCUT2D eigenvalue weighted by atomic mass is 16.6. The first-order valence-electron chi connectivity index (χ1n) is 3.85. The molecule has 2 aliphatic rings. The van der Waals surface area contributed by atoms with Gasteiger partial charge >= 0.3 is 0 Å². The van der Waals surface area contributed by atoms with E-state index in [1.807, 2.05) is 25.2 Å². The summed E-state index contributed by atoms with van der Waals surface area (Å²) in [5.41, 5.74) is 0. The average Bonchev–Trinajstić information content (AvgIpc) is 2.11. The molecule has 0 fully saturated rings. The predicted molar refractivity (Wildman–Crippen MR) is 44.9 cm³/mol. The summed E-state index contributed by atoms with van der Waals surface area (Å²) >= 11 is 0. The number of hydrogen-bond donors (Lipinski definition) is 0. The molecule has 0 aliphatic carbocycles. The van der Waals surface area contributed by atoms with Crippen LogP contribution in [0.1, 0.15) is 6.92 Å². The van der Waals surface area contributed by atoms with Crippen molar-refractivity contribution in [3.63, 3.8) is 0 Å². The van der Waals surface area contributed by atoms with Crippen molar-refractivity contribution < 1.29 is 4.84 Å². The third kappa shape index (κ3) is 1.42. The summed E-state index contributed by atoms with van der Waals surface area (Å²) in [6.45, 7) is 2.01. The molecule has 2 unspecified atom stereocenters. The van der Waals surface area contributed by atoms with E-state index in [4.69, 9.17) is 4.84 Å². The highest BCUT2D eigenvalue weighted by Gasteiger charge is 2.10. The van der Waals surface area contributed by atoms with Gasteiger partial charge in [-0.3, -0.25) is 4.99 Å². The maximum absolute atomic E-state index is 4.90.